The maximum absolute atomic E-state index is 10.9. The minimum atomic E-state index is -1.22. The molecule has 0 amide bonds. The van der Waals surface area contributed by atoms with Gasteiger partial charge in [0.05, 0.1) is 33.0 Å². The Bertz CT molecular complexity index is 807. The van der Waals surface area contributed by atoms with Crippen LogP contribution in [0, 0.1) is 0 Å². The lowest BCUT2D eigenvalue weighted by atomic mass is 10.0. The third kappa shape index (κ3) is 8.36. The molecule has 3 unspecified atom stereocenters. The van der Waals surface area contributed by atoms with Gasteiger partial charge in [0.25, 0.3) is 0 Å². The van der Waals surface area contributed by atoms with Crippen molar-refractivity contribution in [2.24, 2.45) is 4.99 Å². The normalized spacial score (nSPS) is 26.4. The molecule has 0 aliphatic carbocycles. The van der Waals surface area contributed by atoms with Gasteiger partial charge in [-0.1, -0.05) is 0 Å². The molecular weight excluding hydrogens is 474 g/mol. The van der Waals surface area contributed by atoms with E-state index in [-0.39, 0.29) is 19.0 Å². The van der Waals surface area contributed by atoms with Crippen LogP contribution in [0.2, 0.25) is 0 Å². The summed E-state index contributed by atoms with van der Waals surface area (Å²) in [5.41, 5.74) is 0.516. The van der Waals surface area contributed by atoms with Crippen LogP contribution in [0.3, 0.4) is 0 Å². The fourth-order valence-corrected chi connectivity index (χ4v) is 3.98. The lowest BCUT2D eigenvalue weighted by molar-refractivity contribution is -0.195. The van der Waals surface area contributed by atoms with Crippen molar-refractivity contribution >= 4 is 22.8 Å². The molecule has 1 saturated heterocycles. The van der Waals surface area contributed by atoms with E-state index >= 15 is 0 Å². The predicted octanol–water partition coefficient (Wildman–Crippen LogP) is -1.16. The number of thioether (sulfide) groups is 1. The number of rotatable bonds is 10. The highest BCUT2D eigenvalue weighted by Gasteiger charge is 2.36. The van der Waals surface area contributed by atoms with E-state index in [1.165, 1.54) is 17.8 Å². The number of benzene rings is 1. The van der Waals surface area contributed by atoms with E-state index in [0.29, 0.717) is 48.5 Å². The molecule has 1 aromatic carbocycles. The first kappa shape index (κ1) is 28.3. The lowest BCUT2D eigenvalue weighted by Gasteiger charge is -2.34. The number of aliphatic imine (C=N–C) groups is 1. The summed E-state index contributed by atoms with van der Waals surface area (Å²) in [4.78, 5) is 15.0. The molecule has 5 atom stereocenters. The van der Waals surface area contributed by atoms with Crippen molar-refractivity contribution < 1.29 is 54.4 Å². The summed E-state index contributed by atoms with van der Waals surface area (Å²) < 4.78 is 20.4. The van der Waals surface area contributed by atoms with Crippen LogP contribution < -0.4 is 4.74 Å². The molecule has 192 valence electrons. The second-order valence-corrected chi connectivity index (χ2v) is 8.34. The second-order valence-electron chi connectivity index (χ2n) is 7.33. The number of aliphatic carboxylic acids is 1. The van der Waals surface area contributed by atoms with Gasteiger partial charge in [-0.05, 0) is 12.1 Å². The maximum Gasteiger partial charge on any atom is 0.329 e. The molecule has 2 aliphatic heterocycles. The van der Waals surface area contributed by atoms with E-state index in [0.717, 1.165) is 0 Å². The van der Waals surface area contributed by atoms with Gasteiger partial charge in [0, 0.05) is 24.5 Å². The topological polar surface area (TPSA) is 188 Å². The summed E-state index contributed by atoms with van der Waals surface area (Å²) >= 11 is 1.32. The molecule has 2 aliphatic rings. The number of phenolic OH excluding ortho intramolecular Hbond substituents is 1. The molecule has 13 heteroatoms. The second kappa shape index (κ2) is 14.4. The van der Waals surface area contributed by atoms with Crippen molar-refractivity contribution in [3.63, 3.8) is 0 Å². The number of carboxylic acids is 1. The molecule has 0 bridgehead atoms. The molecule has 6 N–H and O–H groups in total. The van der Waals surface area contributed by atoms with Crippen LogP contribution in [0.5, 0.6) is 11.5 Å². The molecule has 0 saturated carbocycles. The van der Waals surface area contributed by atoms with Crippen molar-refractivity contribution in [1.82, 2.24) is 0 Å². The number of aromatic hydroxyl groups is 1. The van der Waals surface area contributed by atoms with Gasteiger partial charge >= 0.3 is 5.97 Å². The average molecular weight is 506 g/mol. The standard InChI is InChI=1S/C15H19NO6S.C6H12O5/c1-20-4-5-21-6-7-22-10-2-3-11(13(17)8-10)14-16-12(9-23-14)15(18)19;7-1-4-6(10)5(9)3(8)2-11-4/h2-3,8,12,17H,4-7,9H2,1H3,(H,18,19);3-10H,1-2H2/t12-;3-,4?,5?,6?/m10/s1. The van der Waals surface area contributed by atoms with Crippen molar-refractivity contribution in [2.45, 2.75) is 30.5 Å². The van der Waals surface area contributed by atoms with Crippen LogP contribution in [0.15, 0.2) is 23.2 Å². The van der Waals surface area contributed by atoms with E-state index < -0.39 is 36.4 Å². The summed E-state index contributed by atoms with van der Waals surface area (Å²) in [6.07, 6.45) is -4.27. The summed E-state index contributed by atoms with van der Waals surface area (Å²) in [6.45, 7) is 1.42. The Morgan fingerprint density at radius 1 is 1.18 bits per heavy atom. The van der Waals surface area contributed by atoms with Crippen LogP contribution >= 0.6 is 11.8 Å². The number of methoxy groups -OCH3 is 1. The highest BCUT2D eigenvalue weighted by Crippen LogP contribution is 2.31. The molecule has 0 aromatic heterocycles. The molecule has 1 aromatic rings. The van der Waals surface area contributed by atoms with Crippen molar-refractivity contribution in [3.8, 4) is 11.5 Å². The summed E-state index contributed by atoms with van der Waals surface area (Å²) in [6, 6.07) is 4.12. The smallest absolute Gasteiger partial charge is 0.329 e. The monoisotopic (exact) mass is 505 g/mol. The van der Waals surface area contributed by atoms with Gasteiger partial charge < -0.3 is 49.6 Å². The fraction of sp³-hybridized carbons (Fsp3) is 0.619. The minimum absolute atomic E-state index is 0.0140. The van der Waals surface area contributed by atoms with Crippen LogP contribution in [0.4, 0.5) is 0 Å². The number of aliphatic hydroxyl groups excluding tert-OH is 4. The molecule has 12 nitrogen and oxygen atoms in total. The summed E-state index contributed by atoms with van der Waals surface area (Å²) in [7, 11) is 1.61. The SMILES string of the molecule is COCCOCCOc1ccc(C2=N[C@@H](C(=O)O)CS2)c(O)c1.OCC1OC[C@H](O)C(O)C1O. The van der Waals surface area contributed by atoms with E-state index in [9.17, 15) is 9.90 Å². The summed E-state index contributed by atoms with van der Waals surface area (Å²) in [5, 5.41) is 55.3. The van der Waals surface area contributed by atoms with Crippen LogP contribution in [0.1, 0.15) is 5.56 Å². The third-order valence-corrected chi connectivity index (χ3v) is 5.93. The molecule has 34 heavy (non-hydrogen) atoms. The van der Waals surface area contributed by atoms with Crippen LogP contribution in [-0.4, -0.2) is 125 Å². The Balaban J connectivity index is 0.000000310. The molecule has 3 rings (SSSR count). The van der Waals surface area contributed by atoms with Crippen molar-refractivity contribution in [2.75, 3.05) is 52.5 Å². The minimum Gasteiger partial charge on any atom is -0.507 e. The Labute approximate surface area is 200 Å². The van der Waals surface area contributed by atoms with Crippen molar-refractivity contribution in [3.05, 3.63) is 23.8 Å². The number of hydrogen-bond acceptors (Lipinski definition) is 12. The van der Waals surface area contributed by atoms with Crippen molar-refractivity contribution in [1.29, 1.82) is 0 Å². The van der Waals surface area contributed by atoms with Crippen LogP contribution in [-0.2, 0) is 19.0 Å². The molecule has 0 spiro atoms. The largest absolute Gasteiger partial charge is 0.507 e. The quantitative estimate of drug-likeness (QED) is 0.210. The first-order valence-corrected chi connectivity index (χ1v) is 11.5. The number of hydrogen-bond donors (Lipinski definition) is 6. The van der Waals surface area contributed by atoms with Gasteiger partial charge in [-0.2, -0.15) is 0 Å². The Kier molecular flexibility index (Phi) is 12.0. The van der Waals surface area contributed by atoms with E-state index in [1.54, 1.807) is 19.2 Å². The molecule has 0 radical (unpaired) electrons. The van der Waals surface area contributed by atoms with Gasteiger partial charge in [0.15, 0.2) is 6.04 Å². The molecular formula is C21H31NO11S. The van der Waals surface area contributed by atoms with Gasteiger partial charge in [-0.25, -0.2) is 4.79 Å². The number of aliphatic hydroxyl groups is 4. The summed E-state index contributed by atoms with van der Waals surface area (Å²) in [5.74, 6) is -0.0539. The zero-order valence-corrected chi connectivity index (χ0v) is 19.5. The first-order valence-electron chi connectivity index (χ1n) is 10.5. The lowest BCUT2D eigenvalue weighted by Crippen LogP contribution is -2.53. The van der Waals surface area contributed by atoms with Gasteiger partial charge in [-0.15, -0.1) is 11.8 Å². The molecule has 1 fully saturated rings. The van der Waals surface area contributed by atoms with E-state index in [1.807, 2.05) is 0 Å². The predicted molar refractivity (Wildman–Crippen MR) is 122 cm³/mol. The Morgan fingerprint density at radius 2 is 1.91 bits per heavy atom. The number of nitrogens with zero attached hydrogens (tertiary/aromatic N) is 1. The van der Waals surface area contributed by atoms with Gasteiger partial charge in [0.2, 0.25) is 0 Å². The fourth-order valence-electron chi connectivity index (χ4n) is 2.92. The zero-order chi connectivity index (χ0) is 25.1. The Hall–Kier alpha value is -1.97. The van der Waals surface area contributed by atoms with Gasteiger partial charge in [0.1, 0.15) is 47.6 Å². The van der Waals surface area contributed by atoms with E-state index in [4.69, 9.17) is 44.5 Å². The third-order valence-electron chi connectivity index (χ3n) is 4.85. The number of carbonyl (C=O) groups is 1. The average Bonchev–Trinajstić information content (AvgIpc) is 3.31. The first-order chi connectivity index (χ1) is 16.3. The number of phenols is 1. The molecule has 2 heterocycles. The number of carboxylic acid groups (broad SMARTS) is 1. The van der Waals surface area contributed by atoms with E-state index in [2.05, 4.69) is 4.99 Å². The highest BCUT2D eigenvalue weighted by molar-refractivity contribution is 8.14. The van der Waals surface area contributed by atoms with Crippen LogP contribution in [0.25, 0.3) is 0 Å². The van der Waals surface area contributed by atoms with Gasteiger partial charge in [-0.3, -0.25) is 4.99 Å². The zero-order valence-electron chi connectivity index (χ0n) is 18.6. The number of ether oxygens (including phenoxy) is 4. The highest BCUT2D eigenvalue weighted by atomic mass is 32.2. The maximum atomic E-state index is 10.9. The Morgan fingerprint density at radius 3 is 2.53 bits per heavy atom.